The van der Waals surface area contributed by atoms with Gasteiger partial charge in [-0.3, -0.25) is 0 Å². The molecule has 0 bridgehead atoms. The summed E-state index contributed by atoms with van der Waals surface area (Å²) in [5.41, 5.74) is 6.98. The molecule has 11 rings (SSSR count). The Kier molecular flexibility index (Phi) is 6.03. The average Bonchev–Trinajstić information content (AvgIpc) is 3.84. The van der Waals surface area contributed by atoms with Crippen LogP contribution in [0.15, 0.2) is 170 Å². The zero-order valence-electron chi connectivity index (χ0n) is 26.9. The minimum atomic E-state index is 1.14. The van der Waals surface area contributed by atoms with E-state index in [0.717, 1.165) is 22.7 Å². The second-order valence-electron chi connectivity index (χ2n) is 12.9. The van der Waals surface area contributed by atoms with Crippen LogP contribution in [-0.4, -0.2) is 4.57 Å². The van der Waals surface area contributed by atoms with Crippen molar-refractivity contribution in [2.45, 2.75) is 0 Å². The Balaban J connectivity index is 1.28. The van der Waals surface area contributed by atoms with Crippen molar-refractivity contribution in [1.82, 2.24) is 4.57 Å². The summed E-state index contributed by atoms with van der Waals surface area (Å²) in [6.07, 6.45) is 0. The summed E-state index contributed by atoms with van der Waals surface area (Å²) in [6, 6.07) is 62.6. The van der Waals surface area contributed by atoms with Gasteiger partial charge >= 0.3 is 0 Å². The summed E-state index contributed by atoms with van der Waals surface area (Å²) >= 11 is 3.74. The lowest BCUT2D eigenvalue weighted by Gasteiger charge is -2.28. The van der Waals surface area contributed by atoms with Gasteiger partial charge in [-0.2, -0.15) is 0 Å². The molecule has 0 amide bonds. The minimum absolute atomic E-state index is 1.14. The largest absolute Gasteiger partial charge is 0.308 e. The molecule has 50 heavy (non-hydrogen) atoms. The third-order valence-electron chi connectivity index (χ3n) is 10.1. The Hall–Kier alpha value is -5.94. The van der Waals surface area contributed by atoms with E-state index in [4.69, 9.17) is 0 Å². The second kappa shape index (κ2) is 10.8. The molecule has 3 aromatic heterocycles. The molecule has 0 N–H and O–H groups in total. The van der Waals surface area contributed by atoms with Crippen molar-refractivity contribution >= 4 is 113 Å². The number of anilines is 3. The van der Waals surface area contributed by atoms with Crippen LogP contribution < -0.4 is 4.90 Å². The summed E-state index contributed by atoms with van der Waals surface area (Å²) in [5, 5.41) is 10.2. The molecule has 234 valence electrons. The highest BCUT2D eigenvalue weighted by molar-refractivity contribution is 7.26. The molecular formula is C46H28N2S2. The number of rotatable bonds is 4. The van der Waals surface area contributed by atoms with Crippen molar-refractivity contribution in [3.8, 4) is 5.69 Å². The third kappa shape index (κ3) is 4.07. The Labute approximate surface area is 296 Å². The summed E-state index contributed by atoms with van der Waals surface area (Å²) in [5.74, 6) is 0. The lowest BCUT2D eigenvalue weighted by Crippen LogP contribution is -2.12. The Morgan fingerprint density at radius 3 is 1.82 bits per heavy atom. The molecule has 0 spiro atoms. The Bertz CT molecular complexity index is 3110. The highest BCUT2D eigenvalue weighted by Crippen LogP contribution is 2.48. The first kappa shape index (κ1) is 28.0. The van der Waals surface area contributed by atoms with Crippen molar-refractivity contribution < 1.29 is 0 Å². The molecule has 11 aromatic rings. The van der Waals surface area contributed by atoms with Gasteiger partial charge in [0.1, 0.15) is 0 Å². The van der Waals surface area contributed by atoms with Crippen LogP contribution in [-0.2, 0) is 0 Å². The topological polar surface area (TPSA) is 8.17 Å². The lowest BCUT2D eigenvalue weighted by atomic mass is 10.0. The number of para-hydroxylation sites is 3. The predicted molar refractivity (Wildman–Crippen MR) is 219 cm³/mol. The smallest absolute Gasteiger partial charge is 0.0782 e. The van der Waals surface area contributed by atoms with E-state index in [1.807, 2.05) is 22.7 Å². The maximum absolute atomic E-state index is 2.51. The lowest BCUT2D eigenvalue weighted by molar-refractivity contribution is 1.17. The van der Waals surface area contributed by atoms with E-state index in [-0.39, 0.29) is 0 Å². The molecule has 0 aliphatic heterocycles. The van der Waals surface area contributed by atoms with Crippen molar-refractivity contribution in [1.29, 1.82) is 0 Å². The first-order valence-electron chi connectivity index (χ1n) is 16.9. The van der Waals surface area contributed by atoms with Crippen LogP contribution in [0.25, 0.3) is 78.6 Å². The van der Waals surface area contributed by atoms with Gasteiger partial charge < -0.3 is 9.47 Å². The third-order valence-corrected chi connectivity index (χ3v) is 12.4. The Morgan fingerprint density at radius 1 is 0.380 bits per heavy atom. The fraction of sp³-hybridized carbons (Fsp3) is 0. The molecule has 3 heterocycles. The van der Waals surface area contributed by atoms with Gasteiger partial charge in [-0.1, -0.05) is 97.1 Å². The van der Waals surface area contributed by atoms with Crippen LogP contribution in [0, 0.1) is 0 Å². The van der Waals surface area contributed by atoms with Gasteiger partial charge in [0.25, 0.3) is 0 Å². The number of thiophene rings is 2. The molecule has 0 aliphatic carbocycles. The quantitative estimate of drug-likeness (QED) is 0.181. The van der Waals surface area contributed by atoms with Gasteiger partial charge in [0.15, 0.2) is 0 Å². The molecule has 0 saturated heterocycles. The van der Waals surface area contributed by atoms with Crippen LogP contribution in [0.5, 0.6) is 0 Å². The van der Waals surface area contributed by atoms with Gasteiger partial charge in [-0.25, -0.2) is 0 Å². The standard InChI is InChI=1S/C46H28N2S2/c1-2-13-30(14-3-1)48-39-19-7-4-15-32(39)35-18-11-21-41(46(35)48)47(31-24-25-44-37(27-31)33-16-5-8-22-42(33)49-44)40-20-10-12-29-26-45-38(28-36(29)40)34-17-6-9-23-43(34)50-45/h1-28H. The van der Waals surface area contributed by atoms with Crippen molar-refractivity contribution in [3.05, 3.63) is 170 Å². The molecule has 2 nitrogen and oxygen atoms in total. The summed E-state index contributed by atoms with van der Waals surface area (Å²) in [4.78, 5) is 2.51. The number of nitrogens with zero attached hydrogens (tertiary/aromatic N) is 2. The molecule has 4 heteroatoms. The van der Waals surface area contributed by atoms with Crippen LogP contribution in [0.1, 0.15) is 0 Å². The van der Waals surface area contributed by atoms with E-state index in [0.29, 0.717) is 0 Å². The van der Waals surface area contributed by atoms with E-state index < -0.39 is 0 Å². The number of hydrogen-bond acceptors (Lipinski definition) is 3. The van der Waals surface area contributed by atoms with Gasteiger partial charge in [0, 0.05) is 67.9 Å². The first-order chi connectivity index (χ1) is 24.8. The monoisotopic (exact) mass is 672 g/mol. The second-order valence-corrected chi connectivity index (χ2v) is 15.1. The summed E-state index contributed by atoms with van der Waals surface area (Å²) in [7, 11) is 0. The van der Waals surface area contributed by atoms with E-state index in [1.165, 1.54) is 72.9 Å². The predicted octanol–water partition coefficient (Wildman–Crippen LogP) is 14.1. The van der Waals surface area contributed by atoms with Crippen molar-refractivity contribution in [2.75, 3.05) is 4.90 Å². The van der Waals surface area contributed by atoms with Gasteiger partial charge in [-0.05, 0) is 78.2 Å². The van der Waals surface area contributed by atoms with Crippen molar-refractivity contribution in [3.63, 3.8) is 0 Å². The maximum Gasteiger partial charge on any atom is 0.0782 e. The number of fused-ring (bicyclic) bond motifs is 10. The fourth-order valence-electron chi connectivity index (χ4n) is 7.96. The highest BCUT2D eigenvalue weighted by atomic mass is 32.1. The van der Waals surface area contributed by atoms with Gasteiger partial charge in [-0.15, -0.1) is 22.7 Å². The Morgan fingerprint density at radius 2 is 1.00 bits per heavy atom. The molecule has 0 fully saturated rings. The zero-order valence-corrected chi connectivity index (χ0v) is 28.5. The minimum Gasteiger partial charge on any atom is -0.308 e. The molecule has 8 aromatic carbocycles. The molecule has 0 unspecified atom stereocenters. The van der Waals surface area contributed by atoms with Crippen LogP contribution in [0.3, 0.4) is 0 Å². The van der Waals surface area contributed by atoms with Crippen LogP contribution in [0.4, 0.5) is 17.1 Å². The molecule has 0 saturated carbocycles. The van der Waals surface area contributed by atoms with Crippen LogP contribution >= 0.6 is 22.7 Å². The van der Waals surface area contributed by atoms with E-state index in [9.17, 15) is 0 Å². The number of benzene rings is 8. The molecule has 0 atom stereocenters. The highest BCUT2D eigenvalue weighted by Gasteiger charge is 2.23. The SMILES string of the molecule is c1ccc(-n2c3ccccc3c3cccc(N(c4ccc5sc6ccccc6c5c4)c4cccc5cc6sc7ccccc7c6cc45)c32)cc1. The molecule has 0 aliphatic rings. The number of aromatic nitrogens is 1. The van der Waals surface area contributed by atoms with E-state index in [2.05, 4.69) is 179 Å². The summed E-state index contributed by atoms with van der Waals surface area (Å²) in [6.45, 7) is 0. The van der Waals surface area contributed by atoms with Gasteiger partial charge in [0.2, 0.25) is 0 Å². The number of hydrogen-bond donors (Lipinski definition) is 0. The van der Waals surface area contributed by atoms with E-state index in [1.54, 1.807) is 0 Å². The van der Waals surface area contributed by atoms with E-state index >= 15 is 0 Å². The molecular weight excluding hydrogens is 645 g/mol. The fourth-order valence-corrected chi connectivity index (χ4v) is 10.2. The average molecular weight is 673 g/mol. The first-order valence-corrected chi connectivity index (χ1v) is 18.6. The molecule has 0 radical (unpaired) electrons. The summed E-state index contributed by atoms with van der Waals surface area (Å²) < 4.78 is 7.70. The van der Waals surface area contributed by atoms with Crippen LogP contribution in [0.2, 0.25) is 0 Å². The maximum atomic E-state index is 2.51. The normalized spacial score (nSPS) is 12.0. The van der Waals surface area contributed by atoms with Gasteiger partial charge in [0.05, 0.1) is 22.4 Å². The van der Waals surface area contributed by atoms with Crippen molar-refractivity contribution in [2.24, 2.45) is 0 Å². The zero-order chi connectivity index (χ0) is 32.8.